The van der Waals surface area contributed by atoms with Gasteiger partial charge in [-0.05, 0) is 11.6 Å². The summed E-state index contributed by atoms with van der Waals surface area (Å²) < 4.78 is 28.4. The molecule has 0 saturated carbocycles. The number of hydrogen-bond donors (Lipinski definition) is 1. The maximum Gasteiger partial charge on any atom is 0.289 e. The zero-order valence-corrected chi connectivity index (χ0v) is 17.1. The lowest BCUT2D eigenvalue weighted by Gasteiger charge is -2.23. The monoisotopic (exact) mass is 444 g/mol. The van der Waals surface area contributed by atoms with Crippen molar-refractivity contribution < 1.29 is 18.1 Å². The highest BCUT2D eigenvalue weighted by atomic mass is 35.5. The van der Waals surface area contributed by atoms with Crippen LogP contribution in [0, 0.1) is 10.1 Å². The van der Waals surface area contributed by atoms with E-state index in [4.69, 9.17) is 11.6 Å². The summed E-state index contributed by atoms with van der Waals surface area (Å²) in [5.74, 6) is -0.476. The summed E-state index contributed by atoms with van der Waals surface area (Å²) in [7, 11) is -4.37. The summed E-state index contributed by atoms with van der Waals surface area (Å²) in [6.07, 6.45) is 0. The fourth-order valence-electron chi connectivity index (χ4n) is 2.94. The lowest BCUT2D eigenvalue weighted by molar-refractivity contribution is -0.387. The summed E-state index contributed by atoms with van der Waals surface area (Å²) in [4.78, 5) is 22.9. The molecule has 0 fully saturated rings. The van der Waals surface area contributed by atoms with Crippen LogP contribution in [-0.4, -0.2) is 24.5 Å². The minimum atomic E-state index is -4.37. The minimum Gasteiger partial charge on any atom is -0.292 e. The first-order chi connectivity index (χ1) is 14.3. The smallest absolute Gasteiger partial charge is 0.289 e. The molecule has 3 rings (SSSR count). The first-order valence-corrected chi connectivity index (χ1v) is 10.8. The number of nitrogens with one attached hydrogen (secondary N) is 1. The number of rotatable bonds is 8. The average molecular weight is 445 g/mol. The number of halogens is 1. The Morgan fingerprint density at radius 3 is 2.03 bits per heavy atom. The van der Waals surface area contributed by atoms with Crippen LogP contribution in [0.5, 0.6) is 0 Å². The van der Waals surface area contributed by atoms with Crippen molar-refractivity contribution in [3.8, 4) is 0 Å². The van der Waals surface area contributed by atoms with Gasteiger partial charge in [0.05, 0.1) is 11.0 Å². The van der Waals surface area contributed by atoms with Crippen LogP contribution in [0.25, 0.3) is 0 Å². The number of Topliss-reactive ketones (excluding diaryl/α,β-unsaturated/α-hetero) is 1. The van der Waals surface area contributed by atoms with Crippen molar-refractivity contribution in [3.63, 3.8) is 0 Å². The molecule has 0 spiro atoms. The van der Waals surface area contributed by atoms with Gasteiger partial charge in [-0.1, -0.05) is 72.8 Å². The third kappa shape index (κ3) is 4.73. The fraction of sp³-hybridized carbons (Fsp3) is 0.0952. The summed E-state index contributed by atoms with van der Waals surface area (Å²) in [5.41, 5.74) is 0.199. The van der Waals surface area contributed by atoms with Crippen molar-refractivity contribution in [2.24, 2.45) is 0 Å². The predicted octanol–water partition coefficient (Wildman–Crippen LogP) is 4.10. The molecule has 0 saturated heterocycles. The first kappa shape index (κ1) is 21.6. The molecule has 0 radical (unpaired) electrons. The molecule has 0 bridgehead atoms. The van der Waals surface area contributed by atoms with E-state index in [2.05, 4.69) is 4.72 Å². The number of hydrogen-bond acceptors (Lipinski definition) is 5. The van der Waals surface area contributed by atoms with Crippen molar-refractivity contribution in [2.45, 2.75) is 16.3 Å². The number of benzene rings is 3. The normalized spacial score (nSPS) is 13.4. The number of ketones is 1. The number of para-hydroxylation sites is 1. The molecular weight excluding hydrogens is 428 g/mol. The number of nitro groups is 1. The third-order valence-corrected chi connectivity index (χ3v) is 6.33. The summed E-state index contributed by atoms with van der Waals surface area (Å²) in [6, 6.07) is 20.4. The minimum absolute atomic E-state index is 0.323. The lowest BCUT2D eigenvalue weighted by atomic mass is 9.98. The van der Waals surface area contributed by atoms with Gasteiger partial charge < -0.3 is 0 Å². The summed E-state index contributed by atoms with van der Waals surface area (Å²) in [5, 5.41) is 10.00. The van der Waals surface area contributed by atoms with E-state index in [1.54, 1.807) is 60.7 Å². The summed E-state index contributed by atoms with van der Waals surface area (Å²) in [6.45, 7) is 0. The van der Waals surface area contributed by atoms with Gasteiger partial charge >= 0.3 is 0 Å². The molecular formula is C21H17ClN2O5S. The van der Waals surface area contributed by atoms with Crippen LogP contribution < -0.4 is 4.72 Å². The number of nitro benzene ring substituents is 1. The number of alkyl halides is 1. The van der Waals surface area contributed by atoms with Gasteiger partial charge in [-0.3, -0.25) is 14.9 Å². The van der Waals surface area contributed by atoms with E-state index in [9.17, 15) is 23.3 Å². The second-order valence-electron chi connectivity index (χ2n) is 6.37. The Balaban J connectivity index is 2.02. The van der Waals surface area contributed by atoms with Crippen LogP contribution in [0.3, 0.4) is 0 Å². The molecule has 9 heteroatoms. The van der Waals surface area contributed by atoms with Crippen molar-refractivity contribution in [3.05, 3.63) is 106 Å². The Bertz CT molecular complexity index is 1150. The topological polar surface area (TPSA) is 106 Å². The van der Waals surface area contributed by atoms with Crippen molar-refractivity contribution in [1.29, 1.82) is 0 Å². The Hall–Kier alpha value is -3.07. The van der Waals surface area contributed by atoms with E-state index in [0.29, 0.717) is 11.1 Å². The van der Waals surface area contributed by atoms with Gasteiger partial charge in [0.15, 0.2) is 10.7 Å². The Morgan fingerprint density at radius 2 is 1.43 bits per heavy atom. The predicted molar refractivity (Wildman–Crippen MR) is 113 cm³/mol. The Labute approximate surface area is 178 Å². The second-order valence-corrected chi connectivity index (χ2v) is 8.52. The average Bonchev–Trinajstić information content (AvgIpc) is 2.77. The van der Waals surface area contributed by atoms with Gasteiger partial charge in [0.2, 0.25) is 10.0 Å². The van der Waals surface area contributed by atoms with Crippen LogP contribution in [0.15, 0.2) is 89.8 Å². The molecule has 0 unspecified atom stereocenters. The van der Waals surface area contributed by atoms with E-state index in [-0.39, 0.29) is 0 Å². The molecule has 2 atom stereocenters. The number of carbonyl (C=O) groups excluding carboxylic acids is 1. The standard InChI is InChI=1S/C21H17ClN2O5S/c22-19(21(25)16-11-5-2-6-12-16)20(15-9-3-1-4-10-15)23-30(28,29)18-14-8-7-13-17(18)24(26)27/h1-14,19-20,23H/t19-,20-/m0/s1. The zero-order chi connectivity index (χ0) is 21.7. The Kier molecular flexibility index (Phi) is 6.61. The molecule has 0 aliphatic rings. The molecule has 0 aliphatic heterocycles. The molecule has 30 heavy (non-hydrogen) atoms. The van der Waals surface area contributed by atoms with Gasteiger partial charge in [-0.2, -0.15) is 0 Å². The highest BCUT2D eigenvalue weighted by molar-refractivity contribution is 7.89. The molecule has 154 valence electrons. The molecule has 3 aromatic carbocycles. The number of carbonyl (C=O) groups is 1. The Morgan fingerprint density at radius 1 is 0.900 bits per heavy atom. The van der Waals surface area contributed by atoms with Crippen molar-refractivity contribution in [2.75, 3.05) is 0 Å². The molecule has 1 N–H and O–H groups in total. The zero-order valence-electron chi connectivity index (χ0n) is 15.5. The molecule has 0 amide bonds. The van der Waals surface area contributed by atoms with E-state index in [1.807, 2.05) is 0 Å². The highest BCUT2D eigenvalue weighted by Gasteiger charge is 2.34. The number of sulfonamides is 1. The van der Waals surface area contributed by atoms with Crippen LogP contribution in [0.1, 0.15) is 22.0 Å². The quantitative estimate of drug-likeness (QED) is 0.243. The largest absolute Gasteiger partial charge is 0.292 e. The maximum absolute atomic E-state index is 13.0. The summed E-state index contributed by atoms with van der Waals surface area (Å²) >= 11 is 6.45. The van der Waals surface area contributed by atoms with Crippen LogP contribution in [0.2, 0.25) is 0 Å². The van der Waals surface area contributed by atoms with Gasteiger partial charge in [0.25, 0.3) is 5.69 Å². The second kappa shape index (κ2) is 9.17. The van der Waals surface area contributed by atoms with E-state index in [1.165, 1.54) is 12.1 Å². The first-order valence-electron chi connectivity index (χ1n) is 8.85. The molecule has 0 aliphatic carbocycles. The van der Waals surface area contributed by atoms with Gasteiger partial charge in [0.1, 0.15) is 5.38 Å². The SMILES string of the molecule is O=C(c1ccccc1)[C@@H](Cl)[C@@H](NS(=O)(=O)c1ccccc1[N+](=O)[O-])c1ccccc1. The lowest BCUT2D eigenvalue weighted by Crippen LogP contribution is -2.38. The fourth-order valence-corrected chi connectivity index (χ4v) is 4.75. The van der Waals surface area contributed by atoms with Crippen molar-refractivity contribution >= 4 is 33.1 Å². The molecule has 7 nitrogen and oxygen atoms in total. The van der Waals surface area contributed by atoms with Crippen LogP contribution >= 0.6 is 11.6 Å². The van der Waals surface area contributed by atoms with Gasteiger partial charge in [-0.15, -0.1) is 11.6 Å². The molecule has 0 heterocycles. The molecule has 3 aromatic rings. The van der Waals surface area contributed by atoms with Crippen molar-refractivity contribution in [1.82, 2.24) is 4.72 Å². The van der Waals surface area contributed by atoms with Gasteiger partial charge in [0, 0.05) is 11.6 Å². The third-order valence-electron chi connectivity index (χ3n) is 4.39. The van der Waals surface area contributed by atoms with E-state index >= 15 is 0 Å². The van der Waals surface area contributed by atoms with Gasteiger partial charge in [-0.25, -0.2) is 13.1 Å². The van der Waals surface area contributed by atoms with E-state index in [0.717, 1.165) is 12.1 Å². The maximum atomic E-state index is 13.0. The van der Waals surface area contributed by atoms with E-state index < -0.39 is 42.7 Å². The molecule has 0 aromatic heterocycles. The number of nitrogens with zero attached hydrogens (tertiary/aromatic N) is 1. The van der Waals surface area contributed by atoms with Crippen LogP contribution in [0.4, 0.5) is 5.69 Å². The highest BCUT2D eigenvalue weighted by Crippen LogP contribution is 2.29. The van der Waals surface area contributed by atoms with Crippen LogP contribution in [-0.2, 0) is 10.0 Å².